The predicted molar refractivity (Wildman–Crippen MR) is 84.4 cm³/mol. The summed E-state index contributed by atoms with van der Waals surface area (Å²) in [6.07, 6.45) is 5.58. The van der Waals surface area contributed by atoms with Crippen LogP contribution in [0.1, 0.15) is 49.4 Å². The van der Waals surface area contributed by atoms with Gasteiger partial charge in [-0.05, 0) is 66.5 Å². The van der Waals surface area contributed by atoms with E-state index in [0.717, 1.165) is 35.8 Å². The van der Waals surface area contributed by atoms with E-state index in [4.69, 9.17) is 0 Å². The molecule has 0 saturated carbocycles. The van der Waals surface area contributed by atoms with Gasteiger partial charge in [0.05, 0.1) is 3.57 Å². The number of carbonyl (C=O) groups excluding carboxylic acids is 1. The van der Waals surface area contributed by atoms with Crippen molar-refractivity contribution in [2.45, 2.75) is 45.1 Å². The van der Waals surface area contributed by atoms with E-state index < -0.39 is 0 Å². The Morgan fingerprint density at radius 3 is 2.95 bits per heavy atom. The second-order valence-corrected chi connectivity index (χ2v) is 6.27. The van der Waals surface area contributed by atoms with Gasteiger partial charge in [-0.25, -0.2) is 0 Å². The maximum absolute atomic E-state index is 12.6. The minimum atomic E-state index is 0.0600. The summed E-state index contributed by atoms with van der Waals surface area (Å²) in [7, 11) is 0. The minimum Gasteiger partial charge on any atom is -0.507 e. The third-order valence-corrected chi connectivity index (χ3v) is 4.62. The number of hydrogen-bond acceptors (Lipinski definition) is 2. The molecule has 1 N–H and O–H groups in total. The summed E-state index contributed by atoms with van der Waals surface area (Å²) in [5.74, 6) is 0.250. The van der Waals surface area contributed by atoms with Crippen LogP contribution >= 0.6 is 22.6 Å². The first-order valence-electron chi connectivity index (χ1n) is 6.93. The van der Waals surface area contributed by atoms with Crippen molar-refractivity contribution in [1.82, 2.24) is 4.90 Å². The number of amides is 1. The van der Waals surface area contributed by atoms with Crippen LogP contribution in [0, 0.1) is 3.57 Å². The molecule has 1 aliphatic rings. The van der Waals surface area contributed by atoms with Gasteiger partial charge >= 0.3 is 0 Å². The second-order valence-electron chi connectivity index (χ2n) is 5.10. The van der Waals surface area contributed by atoms with Crippen LogP contribution in [0.2, 0.25) is 0 Å². The van der Waals surface area contributed by atoms with Crippen molar-refractivity contribution in [3.05, 3.63) is 27.3 Å². The molecule has 1 heterocycles. The molecule has 104 valence electrons. The van der Waals surface area contributed by atoms with Crippen LogP contribution in [-0.2, 0) is 0 Å². The van der Waals surface area contributed by atoms with Crippen molar-refractivity contribution in [3.63, 3.8) is 0 Å². The largest absolute Gasteiger partial charge is 0.507 e. The van der Waals surface area contributed by atoms with Gasteiger partial charge in [-0.2, -0.15) is 0 Å². The Hall–Kier alpha value is -0.780. The molecule has 1 aliphatic heterocycles. The highest BCUT2D eigenvalue weighted by molar-refractivity contribution is 14.1. The number of hydrogen-bond donors (Lipinski definition) is 1. The number of carbonyl (C=O) groups is 1. The molecule has 0 bridgehead atoms. The first-order chi connectivity index (χ1) is 9.13. The number of piperidine rings is 1. The van der Waals surface area contributed by atoms with Gasteiger partial charge in [0.2, 0.25) is 0 Å². The van der Waals surface area contributed by atoms with Gasteiger partial charge in [-0.15, -0.1) is 0 Å². The normalized spacial score (nSPS) is 19.5. The smallest absolute Gasteiger partial charge is 0.254 e. The molecule has 1 fully saturated rings. The first kappa shape index (κ1) is 14.6. The van der Waals surface area contributed by atoms with Crippen molar-refractivity contribution in [3.8, 4) is 5.75 Å². The van der Waals surface area contributed by atoms with Gasteiger partial charge in [0.1, 0.15) is 5.75 Å². The maximum Gasteiger partial charge on any atom is 0.254 e. The summed E-state index contributed by atoms with van der Waals surface area (Å²) in [5, 5.41) is 9.74. The Bertz CT molecular complexity index is 459. The molecule has 1 aromatic rings. The van der Waals surface area contributed by atoms with Gasteiger partial charge in [-0.1, -0.05) is 13.3 Å². The zero-order chi connectivity index (χ0) is 13.8. The van der Waals surface area contributed by atoms with Gasteiger partial charge in [0.25, 0.3) is 5.91 Å². The molecule has 0 aliphatic carbocycles. The quantitative estimate of drug-likeness (QED) is 0.819. The highest BCUT2D eigenvalue weighted by Gasteiger charge is 2.26. The number of likely N-dealkylation sites (tertiary alicyclic amines) is 1. The molecular formula is C15H20INO2. The van der Waals surface area contributed by atoms with E-state index in [1.54, 1.807) is 18.2 Å². The molecule has 1 saturated heterocycles. The van der Waals surface area contributed by atoms with Crippen molar-refractivity contribution < 1.29 is 9.90 Å². The number of halogens is 1. The molecule has 2 rings (SSSR count). The summed E-state index contributed by atoms with van der Waals surface area (Å²) >= 11 is 2.06. The van der Waals surface area contributed by atoms with E-state index in [0.29, 0.717) is 11.6 Å². The highest BCUT2D eigenvalue weighted by atomic mass is 127. The molecular weight excluding hydrogens is 353 g/mol. The summed E-state index contributed by atoms with van der Waals surface area (Å²) < 4.78 is 0.776. The fourth-order valence-corrected chi connectivity index (χ4v) is 3.05. The monoisotopic (exact) mass is 373 g/mol. The molecule has 0 radical (unpaired) electrons. The van der Waals surface area contributed by atoms with Crippen LogP contribution in [0.15, 0.2) is 18.2 Å². The molecule has 1 unspecified atom stereocenters. The van der Waals surface area contributed by atoms with E-state index >= 15 is 0 Å². The average molecular weight is 373 g/mol. The Balaban J connectivity index is 2.18. The lowest BCUT2D eigenvalue weighted by atomic mass is 9.97. The zero-order valence-corrected chi connectivity index (χ0v) is 13.4. The summed E-state index contributed by atoms with van der Waals surface area (Å²) in [6, 6.07) is 5.55. The van der Waals surface area contributed by atoms with Crippen LogP contribution in [0.25, 0.3) is 0 Å². The standard InChI is InChI=1S/C15H20INO2/c1-2-5-12-6-3-4-9-17(12)15(19)11-7-8-13(16)14(18)10-11/h7-8,10,12,18H,2-6,9H2,1H3. The molecule has 1 atom stereocenters. The van der Waals surface area contributed by atoms with Gasteiger partial charge in [0, 0.05) is 18.2 Å². The van der Waals surface area contributed by atoms with Gasteiger partial charge in [-0.3, -0.25) is 4.79 Å². The Kier molecular flexibility index (Phi) is 5.07. The third-order valence-electron chi connectivity index (χ3n) is 3.70. The Morgan fingerprint density at radius 1 is 1.47 bits per heavy atom. The Morgan fingerprint density at radius 2 is 2.26 bits per heavy atom. The molecule has 1 aromatic carbocycles. The SMILES string of the molecule is CCCC1CCCCN1C(=O)c1ccc(I)c(O)c1. The van der Waals surface area contributed by atoms with Gasteiger partial charge < -0.3 is 10.0 Å². The topological polar surface area (TPSA) is 40.5 Å². The fourth-order valence-electron chi connectivity index (χ4n) is 2.71. The van der Waals surface area contributed by atoms with E-state index in [1.807, 2.05) is 4.90 Å². The van der Waals surface area contributed by atoms with E-state index in [-0.39, 0.29) is 11.7 Å². The van der Waals surface area contributed by atoms with Crippen molar-refractivity contribution in [1.29, 1.82) is 0 Å². The van der Waals surface area contributed by atoms with Crippen LogP contribution in [0.3, 0.4) is 0 Å². The Labute approximate surface area is 128 Å². The number of benzene rings is 1. The number of phenols is 1. The van der Waals surface area contributed by atoms with Crippen LogP contribution in [0.4, 0.5) is 0 Å². The zero-order valence-electron chi connectivity index (χ0n) is 11.2. The number of aromatic hydroxyl groups is 1. The van der Waals surface area contributed by atoms with Gasteiger partial charge in [0.15, 0.2) is 0 Å². The summed E-state index contributed by atoms with van der Waals surface area (Å²) in [6.45, 7) is 3.00. The lowest BCUT2D eigenvalue weighted by Crippen LogP contribution is -2.43. The molecule has 0 spiro atoms. The minimum absolute atomic E-state index is 0.0600. The second kappa shape index (κ2) is 6.59. The molecule has 0 aromatic heterocycles. The molecule has 19 heavy (non-hydrogen) atoms. The van der Waals surface area contributed by atoms with Crippen molar-refractivity contribution >= 4 is 28.5 Å². The number of phenolic OH excluding ortho intramolecular Hbond substituents is 1. The molecule has 1 amide bonds. The lowest BCUT2D eigenvalue weighted by molar-refractivity contribution is 0.0600. The lowest BCUT2D eigenvalue weighted by Gasteiger charge is -2.36. The van der Waals surface area contributed by atoms with Crippen molar-refractivity contribution in [2.24, 2.45) is 0 Å². The molecule has 3 nitrogen and oxygen atoms in total. The predicted octanol–water partition coefficient (Wildman–Crippen LogP) is 3.79. The van der Waals surface area contributed by atoms with Crippen LogP contribution in [0.5, 0.6) is 5.75 Å². The number of rotatable bonds is 3. The van der Waals surface area contributed by atoms with Crippen molar-refractivity contribution in [2.75, 3.05) is 6.54 Å². The third kappa shape index (κ3) is 3.41. The van der Waals surface area contributed by atoms with E-state index in [2.05, 4.69) is 29.5 Å². The summed E-state index contributed by atoms with van der Waals surface area (Å²) in [5.41, 5.74) is 0.598. The van der Waals surface area contributed by atoms with E-state index in [9.17, 15) is 9.90 Å². The maximum atomic E-state index is 12.6. The summed E-state index contributed by atoms with van der Waals surface area (Å²) in [4.78, 5) is 14.6. The fraction of sp³-hybridized carbons (Fsp3) is 0.533. The van der Waals surface area contributed by atoms with Crippen LogP contribution < -0.4 is 0 Å². The van der Waals surface area contributed by atoms with Crippen LogP contribution in [-0.4, -0.2) is 28.5 Å². The molecule has 4 heteroatoms. The first-order valence-corrected chi connectivity index (χ1v) is 8.01. The number of nitrogens with zero attached hydrogens (tertiary/aromatic N) is 1. The average Bonchev–Trinajstić information content (AvgIpc) is 2.42. The van der Waals surface area contributed by atoms with E-state index in [1.165, 1.54) is 6.42 Å². The highest BCUT2D eigenvalue weighted by Crippen LogP contribution is 2.25.